The van der Waals surface area contributed by atoms with Gasteiger partial charge in [0.2, 0.25) is 15.9 Å². The Morgan fingerprint density at radius 1 is 1.40 bits per heavy atom. The molecule has 20 heavy (non-hydrogen) atoms. The molecule has 1 aromatic carbocycles. The molecule has 0 heterocycles. The largest absolute Gasteiger partial charge is 0.354 e. The number of hydrogen-bond donors (Lipinski definition) is 2. The number of nitrogens with two attached hydrogens (primary N) is 1. The van der Waals surface area contributed by atoms with Crippen molar-refractivity contribution >= 4 is 27.5 Å². The number of carbonyl (C=O) groups is 1. The third-order valence-corrected chi connectivity index (χ3v) is 3.85. The minimum absolute atomic E-state index is 0.00144. The fourth-order valence-corrected chi connectivity index (χ4v) is 2.55. The van der Waals surface area contributed by atoms with E-state index in [4.69, 9.17) is 16.7 Å². The number of halogens is 1. The lowest BCUT2D eigenvalue weighted by Gasteiger charge is -2.20. The van der Waals surface area contributed by atoms with Gasteiger partial charge < -0.3 is 5.32 Å². The second-order valence-electron chi connectivity index (χ2n) is 4.93. The monoisotopic (exact) mass is 318 g/mol. The molecule has 0 aliphatic heterocycles. The summed E-state index contributed by atoms with van der Waals surface area (Å²) in [6.45, 7) is 3.84. The molecule has 0 spiro atoms. The van der Waals surface area contributed by atoms with Gasteiger partial charge in [0, 0.05) is 11.6 Å². The van der Waals surface area contributed by atoms with Crippen LogP contribution in [0.3, 0.4) is 0 Å². The van der Waals surface area contributed by atoms with E-state index in [0.717, 1.165) is 5.56 Å². The van der Waals surface area contributed by atoms with E-state index in [0.29, 0.717) is 5.02 Å². The van der Waals surface area contributed by atoms with E-state index in [1.165, 1.54) is 0 Å². The second kappa shape index (κ2) is 7.06. The van der Waals surface area contributed by atoms with E-state index < -0.39 is 10.0 Å². The highest BCUT2D eigenvalue weighted by Gasteiger charge is 2.24. The molecule has 0 aliphatic carbocycles. The third kappa shape index (κ3) is 5.48. The molecule has 1 amide bonds. The molecule has 1 rings (SSSR count). The highest BCUT2D eigenvalue weighted by Crippen LogP contribution is 2.26. The Labute approximate surface area is 124 Å². The highest BCUT2D eigenvalue weighted by atomic mass is 35.5. The Hall–Kier alpha value is -1.11. The van der Waals surface area contributed by atoms with Crippen LogP contribution in [0.25, 0.3) is 0 Å². The molecule has 5 nitrogen and oxygen atoms in total. The van der Waals surface area contributed by atoms with Crippen molar-refractivity contribution < 1.29 is 13.2 Å². The average Bonchev–Trinajstić information content (AvgIpc) is 2.26. The molecule has 1 atom stereocenters. The Bertz CT molecular complexity index is 573. The van der Waals surface area contributed by atoms with Crippen molar-refractivity contribution in [3.05, 3.63) is 34.9 Å². The predicted molar refractivity (Wildman–Crippen MR) is 80.0 cm³/mol. The average molecular weight is 319 g/mol. The summed E-state index contributed by atoms with van der Waals surface area (Å²) in [6.07, 6.45) is 0. The van der Waals surface area contributed by atoms with Gasteiger partial charge in [-0.15, -0.1) is 0 Å². The molecule has 0 radical (unpaired) electrons. The fraction of sp³-hybridized carbons (Fsp3) is 0.462. The molecule has 0 aliphatic rings. The Morgan fingerprint density at radius 2 is 2.05 bits per heavy atom. The van der Waals surface area contributed by atoms with Gasteiger partial charge in [-0.2, -0.15) is 0 Å². The summed E-state index contributed by atoms with van der Waals surface area (Å²) in [6, 6.07) is 7.09. The number of primary sulfonamides is 1. The lowest BCUT2D eigenvalue weighted by atomic mass is 9.87. The topological polar surface area (TPSA) is 89.3 Å². The number of rotatable bonds is 6. The number of carbonyl (C=O) groups excluding carboxylic acids is 1. The van der Waals surface area contributed by atoms with Gasteiger partial charge in [0.15, 0.2) is 0 Å². The summed E-state index contributed by atoms with van der Waals surface area (Å²) >= 11 is 5.93. The summed E-state index contributed by atoms with van der Waals surface area (Å²) in [5.74, 6) is -0.831. The van der Waals surface area contributed by atoms with E-state index >= 15 is 0 Å². The molecular weight excluding hydrogens is 300 g/mol. The molecule has 112 valence electrons. The standard InChI is InChI=1S/C13H19ClN2O3S/c1-9(2)12(10-4-3-5-11(14)8-10)13(17)16-6-7-20(15,18)19/h3-5,8-9,12H,6-7H2,1-2H3,(H,16,17)(H2,15,18,19)/t12-/m0/s1. The molecule has 0 saturated heterocycles. The molecular formula is C13H19ClN2O3S. The SMILES string of the molecule is CC(C)[C@H](C(=O)NCCS(N)(=O)=O)c1cccc(Cl)c1. The van der Waals surface area contributed by atoms with Crippen molar-refractivity contribution in [2.75, 3.05) is 12.3 Å². The minimum Gasteiger partial charge on any atom is -0.354 e. The van der Waals surface area contributed by atoms with Crippen LogP contribution in [0.1, 0.15) is 25.3 Å². The van der Waals surface area contributed by atoms with Gasteiger partial charge in [0.1, 0.15) is 0 Å². The van der Waals surface area contributed by atoms with Crippen LogP contribution in [0, 0.1) is 5.92 Å². The van der Waals surface area contributed by atoms with Gasteiger partial charge in [-0.05, 0) is 23.6 Å². The molecule has 1 aromatic rings. The first-order valence-electron chi connectivity index (χ1n) is 6.24. The zero-order valence-corrected chi connectivity index (χ0v) is 13.0. The van der Waals surface area contributed by atoms with Crippen LogP contribution >= 0.6 is 11.6 Å². The zero-order chi connectivity index (χ0) is 15.3. The van der Waals surface area contributed by atoms with Gasteiger partial charge >= 0.3 is 0 Å². The maximum atomic E-state index is 12.2. The van der Waals surface area contributed by atoms with E-state index in [1.807, 2.05) is 19.9 Å². The van der Waals surface area contributed by atoms with Crippen LogP contribution in [0.15, 0.2) is 24.3 Å². The molecule has 0 saturated carbocycles. The van der Waals surface area contributed by atoms with Crippen molar-refractivity contribution in [2.24, 2.45) is 11.1 Å². The predicted octanol–water partition coefficient (Wildman–Crippen LogP) is 1.48. The lowest BCUT2D eigenvalue weighted by Crippen LogP contribution is -2.36. The molecule has 0 bridgehead atoms. The summed E-state index contributed by atoms with van der Waals surface area (Å²) in [7, 11) is -3.57. The van der Waals surface area contributed by atoms with Crippen LogP contribution in [-0.4, -0.2) is 26.6 Å². The first-order valence-corrected chi connectivity index (χ1v) is 8.33. The lowest BCUT2D eigenvalue weighted by molar-refractivity contribution is -0.123. The van der Waals surface area contributed by atoms with Crippen molar-refractivity contribution in [1.29, 1.82) is 0 Å². The number of hydrogen-bond acceptors (Lipinski definition) is 3. The van der Waals surface area contributed by atoms with Crippen LogP contribution in [-0.2, 0) is 14.8 Å². The minimum atomic E-state index is -3.57. The molecule has 3 N–H and O–H groups in total. The van der Waals surface area contributed by atoms with Crippen molar-refractivity contribution in [3.63, 3.8) is 0 Å². The van der Waals surface area contributed by atoms with Crippen LogP contribution in [0.4, 0.5) is 0 Å². The number of nitrogens with one attached hydrogen (secondary N) is 1. The first kappa shape index (κ1) is 16.9. The maximum Gasteiger partial charge on any atom is 0.227 e. The number of amides is 1. The molecule has 0 aromatic heterocycles. The van der Waals surface area contributed by atoms with E-state index in [2.05, 4.69) is 5.32 Å². The molecule has 0 unspecified atom stereocenters. The smallest absolute Gasteiger partial charge is 0.227 e. The normalized spacial score (nSPS) is 13.2. The van der Waals surface area contributed by atoms with E-state index in [1.54, 1.807) is 18.2 Å². The van der Waals surface area contributed by atoms with Gasteiger partial charge in [-0.25, -0.2) is 13.6 Å². The van der Waals surface area contributed by atoms with Crippen LogP contribution in [0.5, 0.6) is 0 Å². The number of sulfonamides is 1. The van der Waals surface area contributed by atoms with Gasteiger partial charge in [-0.1, -0.05) is 37.6 Å². The van der Waals surface area contributed by atoms with Gasteiger partial charge in [0.25, 0.3) is 0 Å². The van der Waals surface area contributed by atoms with Crippen molar-refractivity contribution in [2.45, 2.75) is 19.8 Å². The summed E-state index contributed by atoms with van der Waals surface area (Å²) in [5.41, 5.74) is 0.806. The van der Waals surface area contributed by atoms with Gasteiger partial charge in [0.05, 0.1) is 11.7 Å². The van der Waals surface area contributed by atoms with Crippen LogP contribution in [0.2, 0.25) is 5.02 Å². The van der Waals surface area contributed by atoms with E-state index in [9.17, 15) is 13.2 Å². The Morgan fingerprint density at radius 3 is 2.55 bits per heavy atom. The summed E-state index contributed by atoms with van der Waals surface area (Å²) in [4.78, 5) is 12.2. The number of benzene rings is 1. The summed E-state index contributed by atoms with van der Waals surface area (Å²) in [5, 5.41) is 8.05. The third-order valence-electron chi connectivity index (χ3n) is 2.84. The summed E-state index contributed by atoms with van der Waals surface area (Å²) < 4.78 is 21.7. The van der Waals surface area contributed by atoms with Crippen molar-refractivity contribution in [1.82, 2.24) is 5.32 Å². The second-order valence-corrected chi connectivity index (χ2v) is 7.11. The molecule has 7 heteroatoms. The van der Waals surface area contributed by atoms with E-state index in [-0.39, 0.29) is 30.0 Å². The fourth-order valence-electron chi connectivity index (χ4n) is 1.97. The van der Waals surface area contributed by atoms with Gasteiger partial charge in [-0.3, -0.25) is 4.79 Å². The quantitative estimate of drug-likeness (QED) is 0.832. The highest BCUT2D eigenvalue weighted by molar-refractivity contribution is 7.89. The van der Waals surface area contributed by atoms with Crippen molar-refractivity contribution in [3.8, 4) is 0 Å². The Balaban J connectivity index is 2.79. The first-order chi connectivity index (χ1) is 9.20. The maximum absolute atomic E-state index is 12.2. The Kier molecular flexibility index (Phi) is 5.98. The van der Waals surface area contributed by atoms with Crippen LogP contribution < -0.4 is 10.5 Å². The zero-order valence-electron chi connectivity index (χ0n) is 11.5. The molecule has 0 fully saturated rings.